The lowest BCUT2D eigenvalue weighted by Gasteiger charge is -2.14. The van der Waals surface area contributed by atoms with E-state index < -0.39 is 18.0 Å². The molecule has 3 rings (SSSR count). The van der Waals surface area contributed by atoms with Gasteiger partial charge in [0.05, 0.1) is 11.1 Å². The van der Waals surface area contributed by atoms with Gasteiger partial charge >= 0.3 is 5.97 Å². The highest BCUT2D eigenvalue weighted by atomic mass is 35.5. The average molecular weight is 369 g/mol. The number of esters is 1. The summed E-state index contributed by atoms with van der Waals surface area (Å²) in [6.45, 7) is 3.46. The van der Waals surface area contributed by atoms with Gasteiger partial charge in [0, 0.05) is 11.1 Å². The van der Waals surface area contributed by atoms with Gasteiger partial charge in [-0.25, -0.2) is 9.78 Å². The van der Waals surface area contributed by atoms with Crippen LogP contribution in [0.1, 0.15) is 22.8 Å². The van der Waals surface area contributed by atoms with Crippen molar-refractivity contribution in [2.24, 2.45) is 0 Å². The molecule has 0 spiro atoms. The van der Waals surface area contributed by atoms with E-state index in [1.807, 2.05) is 25.1 Å². The van der Waals surface area contributed by atoms with Gasteiger partial charge in [-0.05, 0) is 61.9 Å². The van der Waals surface area contributed by atoms with Gasteiger partial charge in [-0.2, -0.15) is 0 Å². The van der Waals surface area contributed by atoms with E-state index in [0.717, 1.165) is 10.9 Å². The Kier molecular flexibility index (Phi) is 5.19. The molecule has 1 heterocycles. The SMILES string of the molecule is Cc1cccc(NC(=O)C(C)OC(=O)c2ccc3nc(Cl)ccc3c2)c1. The Morgan fingerprint density at radius 3 is 2.69 bits per heavy atom. The first-order valence-corrected chi connectivity index (χ1v) is 8.45. The maximum atomic E-state index is 12.3. The van der Waals surface area contributed by atoms with Gasteiger partial charge in [-0.15, -0.1) is 0 Å². The van der Waals surface area contributed by atoms with E-state index in [4.69, 9.17) is 16.3 Å². The minimum absolute atomic E-state index is 0.344. The molecule has 0 radical (unpaired) electrons. The normalized spacial score (nSPS) is 11.8. The second-order valence-corrected chi connectivity index (χ2v) is 6.33. The Morgan fingerprint density at radius 2 is 1.92 bits per heavy atom. The van der Waals surface area contributed by atoms with E-state index in [2.05, 4.69) is 10.3 Å². The van der Waals surface area contributed by atoms with Gasteiger partial charge in [0.2, 0.25) is 0 Å². The molecule has 0 aliphatic carbocycles. The summed E-state index contributed by atoms with van der Waals surface area (Å²) in [7, 11) is 0. The molecule has 1 unspecified atom stereocenters. The van der Waals surface area contributed by atoms with Crippen molar-refractivity contribution < 1.29 is 14.3 Å². The van der Waals surface area contributed by atoms with Crippen molar-refractivity contribution in [3.05, 3.63) is 70.9 Å². The second-order valence-electron chi connectivity index (χ2n) is 5.95. The quantitative estimate of drug-likeness (QED) is 0.548. The highest BCUT2D eigenvalue weighted by Crippen LogP contribution is 2.18. The zero-order chi connectivity index (χ0) is 18.7. The lowest BCUT2D eigenvalue weighted by Crippen LogP contribution is -2.30. The molecule has 0 bridgehead atoms. The summed E-state index contributed by atoms with van der Waals surface area (Å²) in [6.07, 6.45) is -0.929. The fourth-order valence-corrected chi connectivity index (χ4v) is 2.63. The highest BCUT2D eigenvalue weighted by Gasteiger charge is 2.19. The monoisotopic (exact) mass is 368 g/mol. The van der Waals surface area contributed by atoms with Crippen molar-refractivity contribution in [2.45, 2.75) is 20.0 Å². The molecule has 1 atom stereocenters. The fourth-order valence-electron chi connectivity index (χ4n) is 2.48. The largest absolute Gasteiger partial charge is 0.449 e. The Labute approximate surface area is 156 Å². The maximum Gasteiger partial charge on any atom is 0.338 e. The van der Waals surface area contributed by atoms with E-state index in [-0.39, 0.29) is 0 Å². The number of hydrogen-bond donors (Lipinski definition) is 1. The first-order chi connectivity index (χ1) is 12.4. The number of nitrogens with one attached hydrogen (secondary N) is 1. The molecule has 2 aromatic carbocycles. The number of nitrogens with zero attached hydrogens (tertiary/aromatic N) is 1. The van der Waals surface area contributed by atoms with E-state index in [0.29, 0.717) is 21.9 Å². The first kappa shape index (κ1) is 17.9. The Morgan fingerprint density at radius 1 is 1.12 bits per heavy atom. The Hall–Kier alpha value is -2.92. The molecule has 1 amide bonds. The summed E-state index contributed by atoms with van der Waals surface area (Å²) in [5.74, 6) is -0.966. The van der Waals surface area contributed by atoms with Crippen LogP contribution in [0.3, 0.4) is 0 Å². The number of pyridine rings is 1. The summed E-state index contributed by atoms with van der Waals surface area (Å²) in [6, 6.07) is 15.8. The van der Waals surface area contributed by atoms with E-state index in [1.165, 1.54) is 6.92 Å². The van der Waals surface area contributed by atoms with Crippen LogP contribution in [0.5, 0.6) is 0 Å². The van der Waals surface area contributed by atoms with Crippen molar-refractivity contribution in [3.63, 3.8) is 0 Å². The molecule has 5 nitrogen and oxygen atoms in total. The van der Waals surface area contributed by atoms with Gasteiger partial charge in [0.15, 0.2) is 6.10 Å². The van der Waals surface area contributed by atoms with Gasteiger partial charge in [0.25, 0.3) is 5.91 Å². The fraction of sp³-hybridized carbons (Fsp3) is 0.150. The van der Waals surface area contributed by atoms with Gasteiger partial charge in [-0.1, -0.05) is 23.7 Å². The number of anilines is 1. The van der Waals surface area contributed by atoms with E-state index in [1.54, 1.807) is 36.4 Å². The predicted molar refractivity (Wildman–Crippen MR) is 101 cm³/mol. The minimum Gasteiger partial charge on any atom is -0.449 e. The zero-order valence-corrected chi connectivity index (χ0v) is 15.1. The molecular formula is C20H17ClN2O3. The van der Waals surface area contributed by atoms with E-state index >= 15 is 0 Å². The topological polar surface area (TPSA) is 68.3 Å². The standard InChI is InChI=1S/C20H17ClN2O3/c1-12-4-3-5-16(10-12)22-19(24)13(2)26-20(25)15-6-8-17-14(11-15)7-9-18(21)23-17/h3-11,13H,1-2H3,(H,22,24). The minimum atomic E-state index is -0.929. The van der Waals surface area contributed by atoms with Gasteiger partial charge < -0.3 is 10.1 Å². The molecule has 26 heavy (non-hydrogen) atoms. The lowest BCUT2D eigenvalue weighted by atomic mass is 10.1. The lowest BCUT2D eigenvalue weighted by molar-refractivity contribution is -0.123. The number of fused-ring (bicyclic) bond motifs is 1. The third kappa shape index (κ3) is 4.18. The summed E-state index contributed by atoms with van der Waals surface area (Å²) in [4.78, 5) is 28.7. The van der Waals surface area contributed by atoms with Crippen molar-refractivity contribution in [3.8, 4) is 0 Å². The van der Waals surface area contributed by atoms with Crippen molar-refractivity contribution >= 4 is 40.1 Å². The number of ether oxygens (including phenoxy) is 1. The summed E-state index contributed by atoms with van der Waals surface area (Å²) in [5, 5.41) is 3.88. The molecule has 6 heteroatoms. The van der Waals surface area contributed by atoms with E-state index in [9.17, 15) is 9.59 Å². The average Bonchev–Trinajstić information content (AvgIpc) is 2.61. The molecule has 0 fully saturated rings. The van der Waals surface area contributed by atoms with Crippen LogP contribution in [-0.4, -0.2) is 23.0 Å². The third-order valence-electron chi connectivity index (χ3n) is 3.83. The number of benzene rings is 2. The summed E-state index contributed by atoms with van der Waals surface area (Å²) < 4.78 is 5.28. The number of carbonyl (C=O) groups is 2. The molecule has 1 aromatic heterocycles. The highest BCUT2D eigenvalue weighted by molar-refractivity contribution is 6.29. The predicted octanol–water partition coefficient (Wildman–Crippen LogP) is 4.38. The third-order valence-corrected chi connectivity index (χ3v) is 4.04. The summed E-state index contributed by atoms with van der Waals surface area (Å²) in [5.41, 5.74) is 2.71. The van der Waals surface area contributed by atoms with Crippen LogP contribution in [0.25, 0.3) is 10.9 Å². The summed E-state index contributed by atoms with van der Waals surface area (Å²) >= 11 is 5.85. The molecule has 0 aliphatic heterocycles. The van der Waals surface area contributed by atoms with Crippen molar-refractivity contribution in [1.82, 2.24) is 4.98 Å². The molecule has 0 saturated carbocycles. The Bertz CT molecular complexity index is 988. The second kappa shape index (κ2) is 7.54. The van der Waals surface area contributed by atoms with Crippen LogP contribution in [0.2, 0.25) is 5.15 Å². The first-order valence-electron chi connectivity index (χ1n) is 8.07. The van der Waals surface area contributed by atoms with Crippen molar-refractivity contribution in [2.75, 3.05) is 5.32 Å². The molecule has 132 valence electrons. The number of hydrogen-bond acceptors (Lipinski definition) is 4. The van der Waals surface area contributed by atoms with Crippen LogP contribution in [0.4, 0.5) is 5.69 Å². The van der Waals surface area contributed by atoms with Crippen LogP contribution in [0.15, 0.2) is 54.6 Å². The Balaban J connectivity index is 1.68. The number of aryl methyl sites for hydroxylation is 1. The number of carbonyl (C=O) groups excluding carboxylic acids is 2. The van der Waals surface area contributed by atoms with Crippen molar-refractivity contribution in [1.29, 1.82) is 0 Å². The molecule has 1 N–H and O–H groups in total. The molecule has 3 aromatic rings. The van der Waals surface area contributed by atoms with Gasteiger partial charge in [-0.3, -0.25) is 4.79 Å². The maximum absolute atomic E-state index is 12.3. The van der Waals surface area contributed by atoms with Gasteiger partial charge in [0.1, 0.15) is 5.15 Å². The van der Waals surface area contributed by atoms with Crippen LogP contribution >= 0.6 is 11.6 Å². The number of halogens is 1. The van der Waals surface area contributed by atoms with Crippen LogP contribution in [0, 0.1) is 6.92 Å². The van der Waals surface area contributed by atoms with Crippen LogP contribution in [-0.2, 0) is 9.53 Å². The number of rotatable bonds is 4. The molecule has 0 saturated heterocycles. The number of aromatic nitrogens is 1. The smallest absolute Gasteiger partial charge is 0.338 e. The molecule has 0 aliphatic rings. The number of amides is 1. The molecular weight excluding hydrogens is 352 g/mol. The van der Waals surface area contributed by atoms with Crippen LogP contribution < -0.4 is 5.32 Å². The zero-order valence-electron chi connectivity index (χ0n) is 14.3.